The van der Waals surface area contributed by atoms with Gasteiger partial charge in [0.05, 0.1) is 19.6 Å². The van der Waals surface area contributed by atoms with Crippen LogP contribution in [0.2, 0.25) is 0 Å². The largest absolute Gasteiger partial charge is 0.493 e. The predicted octanol–water partition coefficient (Wildman–Crippen LogP) is 2.66. The quantitative estimate of drug-likeness (QED) is 0.569. The molecular formula is C14H14N4O2S. The van der Waals surface area contributed by atoms with Crippen LogP contribution in [-0.2, 0) is 0 Å². The van der Waals surface area contributed by atoms with Crippen LogP contribution in [0.5, 0.6) is 11.5 Å². The van der Waals surface area contributed by atoms with Gasteiger partial charge in [0.1, 0.15) is 4.83 Å². The van der Waals surface area contributed by atoms with Gasteiger partial charge in [-0.3, -0.25) is 0 Å². The number of benzene rings is 1. The van der Waals surface area contributed by atoms with Crippen LogP contribution in [0.3, 0.4) is 0 Å². The lowest BCUT2D eigenvalue weighted by molar-refractivity contribution is 0.355. The second-order valence-corrected chi connectivity index (χ2v) is 5.14. The van der Waals surface area contributed by atoms with Gasteiger partial charge in [0, 0.05) is 5.56 Å². The fourth-order valence-corrected chi connectivity index (χ4v) is 2.83. The van der Waals surface area contributed by atoms with E-state index in [-0.39, 0.29) is 0 Å². The fraction of sp³-hybridized carbons (Fsp3) is 0.143. The number of fused-ring (bicyclic) bond motifs is 1. The van der Waals surface area contributed by atoms with Crippen LogP contribution in [-0.4, -0.2) is 24.2 Å². The Morgan fingerprint density at radius 1 is 1.10 bits per heavy atom. The lowest BCUT2D eigenvalue weighted by atomic mass is 10.2. The number of rotatable bonds is 4. The van der Waals surface area contributed by atoms with Crippen molar-refractivity contribution >= 4 is 27.4 Å². The molecule has 0 atom stereocenters. The van der Waals surface area contributed by atoms with Crippen molar-refractivity contribution < 1.29 is 9.47 Å². The molecule has 0 amide bonds. The third kappa shape index (κ3) is 2.37. The minimum absolute atomic E-state index is 0.582. The smallest absolute Gasteiger partial charge is 0.163 e. The second kappa shape index (κ2) is 5.55. The summed E-state index contributed by atoms with van der Waals surface area (Å²) in [7, 11) is 3.19. The molecule has 0 saturated heterocycles. The molecule has 0 saturated carbocycles. The molecule has 0 radical (unpaired) electrons. The van der Waals surface area contributed by atoms with Crippen LogP contribution < -0.4 is 20.7 Å². The van der Waals surface area contributed by atoms with E-state index in [2.05, 4.69) is 15.4 Å². The first-order valence-corrected chi connectivity index (χ1v) is 7.09. The van der Waals surface area contributed by atoms with E-state index >= 15 is 0 Å². The maximum atomic E-state index is 5.54. The fourth-order valence-electron chi connectivity index (χ4n) is 2.07. The number of hydrogen-bond donors (Lipinski definition) is 2. The number of methoxy groups -OCH3 is 2. The number of nitrogens with two attached hydrogens (primary N) is 1. The zero-order chi connectivity index (χ0) is 14.8. The van der Waals surface area contributed by atoms with Crippen molar-refractivity contribution in [2.75, 3.05) is 19.6 Å². The maximum absolute atomic E-state index is 5.54. The summed E-state index contributed by atoms with van der Waals surface area (Å²) < 4.78 is 10.5. The highest BCUT2D eigenvalue weighted by Gasteiger charge is 2.12. The molecule has 7 heteroatoms. The molecule has 0 aliphatic rings. The number of hydrazine groups is 1. The van der Waals surface area contributed by atoms with Crippen LogP contribution in [0.4, 0.5) is 5.82 Å². The summed E-state index contributed by atoms with van der Waals surface area (Å²) in [5.41, 5.74) is 3.45. The van der Waals surface area contributed by atoms with Gasteiger partial charge in [-0.15, -0.1) is 11.3 Å². The number of ether oxygens (including phenoxy) is 2. The molecule has 3 N–H and O–H groups in total. The summed E-state index contributed by atoms with van der Waals surface area (Å²) in [6.45, 7) is 0. The van der Waals surface area contributed by atoms with Gasteiger partial charge in [0.15, 0.2) is 23.1 Å². The molecule has 0 fully saturated rings. The van der Waals surface area contributed by atoms with E-state index < -0.39 is 0 Å². The first kappa shape index (κ1) is 13.6. The zero-order valence-corrected chi connectivity index (χ0v) is 12.4. The number of anilines is 1. The number of nitrogen functional groups attached to an aromatic ring is 1. The van der Waals surface area contributed by atoms with Gasteiger partial charge in [-0.25, -0.2) is 15.8 Å². The molecule has 0 unspecified atom stereocenters. The van der Waals surface area contributed by atoms with Crippen LogP contribution >= 0.6 is 11.3 Å². The number of thiophene rings is 1. The van der Waals surface area contributed by atoms with E-state index in [0.717, 1.165) is 15.8 Å². The molecule has 0 aliphatic heterocycles. The molecule has 0 bridgehead atoms. The van der Waals surface area contributed by atoms with Gasteiger partial charge < -0.3 is 14.9 Å². The standard InChI is InChI=1S/C14H14N4O2S/c1-19-10-4-3-8(7-11(10)20-2)12-16-13(18-15)9-5-6-21-14(9)17-12/h3-7H,15H2,1-2H3,(H,16,17,18). The third-order valence-corrected chi connectivity index (χ3v) is 3.91. The lowest BCUT2D eigenvalue weighted by Crippen LogP contribution is -2.09. The van der Waals surface area contributed by atoms with E-state index in [9.17, 15) is 0 Å². The predicted molar refractivity (Wildman–Crippen MR) is 83.8 cm³/mol. The Balaban J connectivity index is 2.15. The van der Waals surface area contributed by atoms with Gasteiger partial charge in [0.25, 0.3) is 0 Å². The van der Waals surface area contributed by atoms with E-state index in [0.29, 0.717) is 23.1 Å². The Bertz CT molecular complexity index is 788. The lowest BCUT2D eigenvalue weighted by Gasteiger charge is -2.10. The molecule has 6 nitrogen and oxygen atoms in total. The molecule has 2 aromatic heterocycles. The topological polar surface area (TPSA) is 82.3 Å². The first-order valence-electron chi connectivity index (χ1n) is 6.21. The highest BCUT2D eigenvalue weighted by atomic mass is 32.1. The maximum Gasteiger partial charge on any atom is 0.163 e. The summed E-state index contributed by atoms with van der Waals surface area (Å²) in [4.78, 5) is 9.89. The summed E-state index contributed by atoms with van der Waals surface area (Å²) in [5.74, 6) is 8.02. The van der Waals surface area contributed by atoms with Crippen molar-refractivity contribution in [3.05, 3.63) is 29.6 Å². The van der Waals surface area contributed by atoms with Crippen molar-refractivity contribution in [2.45, 2.75) is 0 Å². The van der Waals surface area contributed by atoms with Gasteiger partial charge in [-0.1, -0.05) is 0 Å². The molecular weight excluding hydrogens is 288 g/mol. The Morgan fingerprint density at radius 2 is 1.90 bits per heavy atom. The summed E-state index contributed by atoms with van der Waals surface area (Å²) in [5, 5.41) is 2.87. The van der Waals surface area contributed by atoms with Crippen LogP contribution in [0, 0.1) is 0 Å². The molecule has 21 heavy (non-hydrogen) atoms. The number of aromatic nitrogens is 2. The highest BCUT2D eigenvalue weighted by Crippen LogP contribution is 2.33. The molecule has 0 spiro atoms. The highest BCUT2D eigenvalue weighted by molar-refractivity contribution is 7.16. The van der Waals surface area contributed by atoms with Crippen molar-refractivity contribution in [2.24, 2.45) is 5.84 Å². The molecule has 3 aromatic rings. The zero-order valence-electron chi connectivity index (χ0n) is 11.6. The van der Waals surface area contributed by atoms with Crippen molar-refractivity contribution in [3.8, 4) is 22.9 Å². The average Bonchev–Trinajstić information content (AvgIpc) is 3.01. The molecule has 108 valence electrons. The van der Waals surface area contributed by atoms with Gasteiger partial charge in [-0.2, -0.15) is 0 Å². The number of hydrogen-bond acceptors (Lipinski definition) is 7. The van der Waals surface area contributed by atoms with E-state index in [4.69, 9.17) is 15.3 Å². The number of nitrogens with zero attached hydrogens (tertiary/aromatic N) is 2. The Labute approximate surface area is 125 Å². The summed E-state index contributed by atoms with van der Waals surface area (Å²) in [6.07, 6.45) is 0. The molecule has 1 aromatic carbocycles. The Kier molecular flexibility index (Phi) is 3.59. The van der Waals surface area contributed by atoms with Gasteiger partial charge in [-0.05, 0) is 29.6 Å². The van der Waals surface area contributed by atoms with E-state index in [1.165, 1.54) is 0 Å². The van der Waals surface area contributed by atoms with Gasteiger partial charge in [0.2, 0.25) is 0 Å². The Morgan fingerprint density at radius 3 is 2.62 bits per heavy atom. The molecule has 2 heterocycles. The van der Waals surface area contributed by atoms with Crippen LogP contribution in [0.1, 0.15) is 0 Å². The van der Waals surface area contributed by atoms with Crippen molar-refractivity contribution in [1.82, 2.24) is 9.97 Å². The SMILES string of the molecule is COc1ccc(-c2nc(NN)c3ccsc3n2)cc1OC. The normalized spacial score (nSPS) is 10.6. The monoisotopic (exact) mass is 302 g/mol. The van der Waals surface area contributed by atoms with E-state index in [1.807, 2.05) is 29.6 Å². The van der Waals surface area contributed by atoms with Gasteiger partial charge >= 0.3 is 0 Å². The summed E-state index contributed by atoms with van der Waals surface area (Å²) >= 11 is 1.54. The minimum Gasteiger partial charge on any atom is -0.493 e. The third-order valence-electron chi connectivity index (χ3n) is 3.10. The van der Waals surface area contributed by atoms with Crippen LogP contribution in [0.25, 0.3) is 21.6 Å². The molecule has 3 rings (SSSR count). The van der Waals surface area contributed by atoms with E-state index in [1.54, 1.807) is 25.6 Å². The number of nitrogens with one attached hydrogen (secondary N) is 1. The van der Waals surface area contributed by atoms with Crippen molar-refractivity contribution in [3.63, 3.8) is 0 Å². The van der Waals surface area contributed by atoms with Crippen molar-refractivity contribution in [1.29, 1.82) is 0 Å². The first-order chi connectivity index (χ1) is 10.3. The minimum atomic E-state index is 0.582. The second-order valence-electron chi connectivity index (χ2n) is 4.25. The average molecular weight is 302 g/mol. The Hall–Kier alpha value is -2.38. The summed E-state index contributed by atoms with van der Waals surface area (Å²) in [6, 6.07) is 7.49. The molecule has 0 aliphatic carbocycles. The van der Waals surface area contributed by atoms with Crippen LogP contribution in [0.15, 0.2) is 29.6 Å².